The van der Waals surface area contributed by atoms with E-state index in [9.17, 15) is 18.0 Å². The highest BCUT2D eigenvalue weighted by molar-refractivity contribution is 8.01. The molecule has 0 spiro atoms. The van der Waals surface area contributed by atoms with Crippen molar-refractivity contribution in [2.24, 2.45) is 0 Å². The van der Waals surface area contributed by atoms with E-state index < -0.39 is 12.7 Å². The van der Waals surface area contributed by atoms with Gasteiger partial charge in [0.25, 0.3) is 0 Å². The molecule has 5 nitrogen and oxygen atoms in total. The van der Waals surface area contributed by atoms with Crippen LogP contribution in [0, 0.1) is 13.8 Å². The molecule has 0 unspecified atom stereocenters. The largest absolute Gasteiger partial charge is 0.406 e. The molecular formula is C15H19F3N4OS2. The summed E-state index contributed by atoms with van der Waals surface area (Å²) in [6.07, 6.45) is -3.36. The number of aromatic nitrogens is 3. The molecule has 0 atom stereocenters. The Balaban J connectivity index is 2.01. The Morgan fingerprint density at radius 1 is 1.36 bits per heavy atom. The number of carbonyl (C=O) groups is 1. The van der Waals surface area contributed by atoms with Gasteiger partial charge in [0.1, 0.15) is 6.54 Å². The Hall–Kier alpha value is -1.55. The minimum absolute atomic E-state index is 0.110. The number of hydrogen-bond donors (Lipinski definition) is 1. The van der Waals surface area contributed by atoms with Crippen LogP contribution in [-0.4, -0.2) is 39.0 Å². The predicted octanol–water partition coefficient (Wildman–Crippen LogP) is 4.32. The van der Waals surface area contributed by atoms with E-state index in [2.05, 4.69) is 15.5 Å². The zero-order valence-corrected chi connectivity index (χ0v) is 15.7. The van der Waals surface area contributed by atoms with Gasteiger partial charge in [-0.1, -0.05) is 30.0 Å². The SMILES string of the molecule is CCCNc1nnc(SCC(=O)c2cc(C)n(CC(F)(F)F)c2C)s1. The van der Waals surface area contributed by atoms with Gasteiger partial charge in [-0.3, -0.25) is 4.79 Å². The molecule has 0 aliphatic heterocycles. The summed E-state index contributed by atoms with van der Waals surface area (Å²) in [6, 6.07) is 1.51. The first-order valence-electron chi connectivity index (χ1n) is 7.68. The first kappa shape index (κ1) is 19.8. The Kier molecular flexibility index (Phi) is 6.50. The molecule has 0 aliphatic carbocycles. The van der Waals surface area contributed by atoms with Crippen molar-refractivity contribution in [3.8, 4) is 0 Å². The van der Waals surface area contributed by atoms with Crippen molar-refractivity contribution in [3.05, 3.63) is 23.0 Å². The molecular weight excluding hydrogens is 373 g/mol. The molecule has 10 heteroatoms. The topological polar surface area (TPSA) is 59.8 Å². The molecule has 25 heavy (non-hydrogen) atoms. The number of nitrogens with one attached hydrogen (secondary N) is 1. The molecule has 2 rings (SSSR count). The molecule has 0 aliphatic rings. The van der Waals surface area contributed by atoms with Crippen LogP contribution in [0.4, 0.5) is 18.3 Å². The summed E-state index contributed by atoms with van der Waals surface area (Å²) in [5.41, 5.74) is 1.08. The maximum Gasteiger partial charge on any atom is 0.406 e. The van der Waals surface area contributed by atoms with Crippen LogP contribution in [0.3, 0.4) is 0 Å². The lowest BCUT2D eigenvalue weighted by atomic mass is 10.2. The quantitative estimate of drug-likeness (QED) is 0.536. The Morgan fingerprint density at radius 2 is 2.08 bits per heavy atom. The maximum absolute atomic E-state index is 12.6. The van der Waals surface area contributed by atoms with Crippen LogP contribution in [0.5, 0.6) is 0 Å². The lowest BCUT2D eigenvalue weighted by Crippen LogP contribution is -2.19. The first-order valence-corrected chi connectivity index (χ1v) is 9.48. The van der Waals surface area contributed by atoms with Crippen molar-refractivity contribution in [1.29, 1.82) is 0 Å². The van der Waals surface area contributed by atoms with E-state index in [1.807, 2.05) is 6.92 Å². The highest BCUT2D eigenvalue weighted by Crippen LogP contribution is 2.28. The highest BCUT2D eigenvalue weighted by atomic mass is 32.2. The van der Waals surface area contributed by atoms with E-state index in [1.54, 1.807) is 6.92 Å². The molecule has 0 fully saturated rings. The first-order chi connectivity index (χ1) is 11.7. The summed E-state index contributed by atoms with van der Waals surface area (Å²) in [4.78, 5) is 12.4. The molecule has 2 aromatic heterocycles. The van der Waals surface area contributed by atoms with E-state index in [-0.39, 0.29) is 11.5 Å². The molecule has 2 heterocycles. The van der Waals surface area contributed by atoms with E-state index in [0.717, 1.165) is 17.5 Å². The molecule has 0 saturated heterocycles. The summed E-state index contributed by atoms with van der Waals surface area (Å²) in [5, 5.41) is 11.8. The molecule has 0 radical (unpaired) electrons. The molecule has 1 N–H and O–H groups in total. The van der Waals surface area contributed by atoms with Crippen molar-refractivity contribution in [2.45, 2.75) is 44.3 Å². The van der Waals surface area contributed by atoms with E-state index >= 15 is 0 Å². The molecule has 2 aromatic rings. The van der Waals surface area contributed by atoms with Gasteiger partial charge in [0.05, 0.1) is 5.75 Å². The predicted molar refractivity (Wildman–Crippen MR) is 93.7 cm³/mol. The van der Waals surface area contributed by atoms with Gasteiger partial charge >= 0.3 is 6.18 Å². The third kappa shape index (κ3) is 5.46. The van der Waals surface area contributed by atoms with Crippen molar-refractivity contribution in [3.63, 3.8) is 0 Å². The normalized spacial score (nSPS) is 11.8. The van der Waals surface area contributed by atoms with Gasteiger partial charge < -0.3 is 9.88 Å². The van der Waals surface area contributed by atoms with Crippen LogP contribution in [0.15, 0.2) is 10.4 Å². The zero-order chi connectivity index (χ0) is 18.6. The van der Waals surface area contributed by atoms with Gasteiger partial charge in [0.2, 0.25) is 5.13 Å². The second kappa shape index (κ2) is 8.22. The number of anilines is 1. The summed E-state index contributed by atoms with van der Waals surface area (Å²) < 4.78 is 39.7. The third-order valence-electron chi connectivity index (χ3n) is 3.47. The molecule has 138 valence electrons. The number of thioether (sulfide) groups is 1. The maximum atomic E-state index is 12.6. The van der Waals surface area contributed by atoms with Crippen molar-refractivity contribution >= 4 is 34.0 Å². The third-order valence-corrected chi connectivity index (χ3v) is 5.49. The fourth-order valence-electron chi connectivity index (χ4n) is 2.28. The van der Waals surface area contributed by atoms with Crippen LogP contribution in [0.1, 0.15) is 35.1 Å². The number of Topliss-reactive ketones (excluding diaryl/α,β-unsaturated/α-hetero) is 1. The van der Waals surface area contributed by atoms with E-state index in [4.69, 9.17) is 0 Å². The number of nitrogens with zero attached hydrogens (tertiary/aromatic N) is 3. The van der Waals surface area contributed by atoms with Crippen LogP contribution in [-0.2, 0) is 6.54 Å². The van der Waals surface area contributed by atoms with Crippen LogP contribution in [0.25, 0.3) is 0 Å². The number of alkyl halides is 3. The number of aryl methyl sites for hydroxylation is 1. The lowest BCUT2D eigenvalue weighted by Gasteiger charge is -2.12. The van der Waals surface area contributed by atoms with E-state index in [1.165, 1.54) is 36.1 Å². The molecule has 0 aromatic carbocycles. The van der Waals surface area contributed by atoms with Gasteiger partial charge in [0, 0.05) is 23.5 Å². The van der Waals surface area contributed by atoms with Crippen molar-refractivity contribution in [1.82, 2.24) is 14.8 Å². The fraction of sp³-hybridized carbons (Fsp3) is 0.533. The fourth-order valence-corrected chi connectivity index (χ4v) is 3.94. The summed E-state index contributed by atoms with van der Waals surface area (Å²) in [6.45, 7) is 4.85. The van der Waals surface area contributed by atoms with Crippen LogP contribution in [0.2, 0.25) is 0 Å². The van der Waals surface area contributed by atoms with Gasteiger partial charge in [-0.05, 0) is 26.3 Å². The number of halogens is 3. The number of ketones is 1. The highest BCUT2D eigenvalue weighted by Gasteiger charge is 2.30. The standard InChI is InChI=1S/C15H19F3N4OS2/c1-4-5-19-13-20-21-14(25-13)24-7-12(23)11-6-9(2)22(10(11)3)8-15(16,17)18/h6H,4-5,7-8H2,1-3H3,(H,19,20). The van der Waals surface area contributed by atoms with Crippen LogP contribution < -0.4 is 5.32 Å². The number of carbonyl (C=O) groups excluding carboxylic acids is 1. The summed E-state index contributed by atoms with van der Waals surface area (Å²) in [5.74, 6) is -0.108. The van der Waals surface area contributed by atoms with Gasteiger partial charge in [-0.15, -0.1) is 10.2 Å². The Bertz CT molecular complexity index is 740. The monoisotopic (exact) mass is 392 g/mol. The molecule has 0 bridgehead atoms. The van der Waals surface area contributed by atoms with Gasteiger partial charge in [-0.25, -0.2) is 0 Å². The van der Waals surface area contributed by atoms with Crippen LogP contribution >= 0.6 is 23.1 Å². The van der Waals surface area contributed by atoms with Crippen molar-refractivity contribution in [2.75, 3.05) is 17.6 Å². The smallest absolute Gasteiger partial charge is 0.360 e. The minimum Gasteiger partial charge on any atom is -0.360 e. The average Bonchev–Trinajstić information content (AvgIpc) is 3.09. The molecule has 0 saturated carbocycles. The zero-order valence-electron chi connectivity index (χ0n) is 14.1. The second-order valence-electron chi connectivity index (χ2n) is 5.50. The van der Waals surface area contributed by atoms with Gasteiger partial charge in [0.15, 0.2) is 10.1 Å². The van der Waals surface area contributed by atoms with E-state index in [0.29, 0.717) is 26.4 Å². The summed E-state index contributed by atoms with van der Waals surface area (Å²) in [7, 11) is 0. The molecule has 0 amide bonds. The minimum atomic E-state index is -4.32. The summed E-state index contributed by atoms with van der Waals surface area (Å²) >= 11 is 2.59. The Labute approximate surface area is 152 Å². The lowest BCUT2D eigenvalue weighted by molar-refractivity contribution is -0.141. The average molecular weight is 392 g/mol. The Morgan fingerprint density at radius 3 is 2.72 bits per heavy atom. The van der Waals surface area contributed by atoms with Gasteiger partial charge in [-0.2, -0.15) is 13.2 Å². The number of hydrogen-bond acceptors (Lipinski definition) is 6. The second-order valence-corrected chi connectivity index (χ2v) is 7.70. The van der Waals surface area contributed by atoms with Crippen molar-refractivity contribution < 1.29 is 18.0 Å². The number of rotatable bonds is 8.